The van der Waals surface area contributed by atoms with Crippen LogP contribution in [-0.4, -0.2) is 14.6 Å². The van der Waals surface area contributed by atoms with Crippen LogP contribution in [0.3, 0.4) is 0 Å². The van der Waals surface area contributed by atoms with Gasteiger partial charge in [-0.2, -0.15) is 5.10 Å². The van der Waals surface area contributed by atoms with E-state index in [1.165, 1.54) is 5.56 Å². The summed E-state index contributed by atoms with van der Waals surface area (Å²) in [5.74, 6) is 0.632. The summed E-state index contributed by atoms with van der Waals surface area (Å²) in [6.07, 6.45) is 3.04. The molecule has 0 aliphatic heterocycles. The van der Waals surface area contributed by atoms with Crippen LogP contribution in [0.5, 0.6) is 0 Å². The van der Waals surface area contributed by atoms with Gasteiger partial charge in [-0.15, -0.1) is 0 Å². The van der Waals surface area contributed by atoms with Gasteiger partial charge >= 0.3 is 0 Å². The monoisotopic (exact) mass is 271 g/mol. The molecule has 3 rings (SSSR count). The SMILES string of the molecule is Cc1cccc(-c2cn3nc(CC(C)C)sc3n2)c1. The molecule has 0 bridgehead atoms. The van der Waals surface area contributed by atoms with Gasteiger partial charge in [-0.1, -0.05) is 48.9 Å². The molecule has 19 heavy (non-hydrogen) atoms. The first-order valence-corrected chi connectivity index (χ1v) is 7.35. The summed E-state index contributed by atoms with van der Waals surface area (Å²) in [6, 6.07) is 8.41. The Kier molecular flexibility index (Phi) is 3.11. The van der Waals surface area contributed by atoms with E-state index >= 15 is 0 Å². The molecule has 3 aromatic rings. The van der Waals surface area contributed by atoms with Gasteiger partial charge in [-0.25, -0.2) is 9.50 Å². The summed E-state index contributed by atoms with van der Waals surface area (Å²) in [4.78, 5) is 5.65. The molecule has 98 valence electrons. The molecule has 0 aliphatic carbocycles. The molecule has 0 radical (unpaired) electrons. The zero-order valence-electron chi connectivity index (χ0n) is 11.4. The maximum absolute atomic E-state index is 4.67. The number of rotatable bonds is 3. The fraction of sp³-hybridized carbons (Fsp3) is 0.333. The maximum Gasteiger partial charge on any atom is 0.212 e. The van der Waals surface area contributed by atoms with Gasteiger partial charge in [0.05, 0.1) is 11.9 Å². The zero-order chi connectivity index (χ0) is 13.4. The molecule has 2 aromatic heterocycles. The smallest absolute Gasteiger partial charge is 0.212 e. The van der Waals surface area contributed by atoms with E-state index in [1.807, 2.05) is 10.7 Å². The van der Waals surface area contributed by atoms with Crippen molar-refractivity contribution >= 4 is 16.3 Å². The Balaban J connectivity index is 1.97. The first kappa shape index (κ1) is 12.4. The van der Waals surface area contributed by atoms with Crippen LogP contribution in [0.4, 0.5) is 0 Å². The van der Waals surface area contributed by atoms with Crippen molar-refractivity contribution in [2.24, 2.45) is 5.92 Å². The molecule has 2 heterocycles. The Bertz CT molecular complexity index is 678. The van der Waals surface area contributed by atoms with Crippen LogP contribution >= 0.6 is 11.3 Å². The number of hydrogen-bond acceptors (Lipinski definition) is 3. The standard InChI is InChI=1S/C15H17N3S/c1-10(2)7-14-17-18-9-13(16-15(18)19-14)12-6-4-5-11(3)8-12/h4-6,8-10H,7H2,1-3H3. The molecular weight excluding hydrogens is 254 g/mol. The highest BCUT2D eigenvalue weighted by Crippen LogP contribution is 2.23. The number of aryl methyl sites for hydroxylation is 1. The third kappa shape index (κ3) is 2.54. The van der Waals surface area contributed by atoms with Crippen LogP contribution in [0.1, 0.15) is 24.4 Å². The van der Waals surface area contributed by atoms with Crippen molar-refractivity contribution in [3.05, 3.63) is 41.0 Å². The van der Waals surface area contributed by atoms with E-state index in [9.17, 15) is 0 Å². The molecule has 0 fully saturated rings. The van der Waals surface area contributed by atoms with Crippen molar-refractivity contribution in [3.8, 4) is 11.3 Å². The fourth-order valence-electron chi connectivity index (χ4n) is 2.12. The Morgan fingerprint density at radius 2 is 2.16 bits per heavy atom. The summed E-state index contributed by atoms with van der Waals surface area (Å²) in [5.41, 5.74) is 3.41. The molecule has 0 N–H and O–H groups in total. The quantitative estimate of drug-likeness (QED) is 0.721. The Labute approximate surface area is 116 Å². The molecule has 1 aromatic carbocycles. The second-order valence-electron chi connectivity index (χ2n) is 5.32. The number of nitrogens with zero attached hydrogens (tertiary/aromatic N) is 3. The van der Waals surface area contributed by atoms with Crippen LogP contribution < -0.4 is 0 Å². The van der Waals surface area contributed by atoms with E-state index in [2.05, 4.69) is 55.1 Å². The average molecular weight is 271 g/mol. The molecule has 0 saturated carbocycles. The van der Waals surface area contributed by atoms with Crippen LogP contribution in [0.2, 0.25) is 0 Å². The van der Waals surface area contributed by atoms with Gasteiger partial charge in [0.25, 0.3) is 0 Å². The average Bonchev–Trinajstić information content (AvgIpc) is 2.85. The van der Waals surface area contributed by atoms with Gasteiger partial charge in [-0.3, -0.25) is 0 Å². The minimum Gasteiger partial charge on any atom is -0.217 e. The molecule has 0 unspecified atom stereocenters. The van der Waals surface area contributed by atoms with Crippen molar-refractivity contribution in [1.29, 1.82) is 0 Å². The Morgan fingerprint density at radius 1 is 1.32 bits per heavy atom. The lowest BCUT2D eigenvalue weighted by atomic mass is 10.1. The van der Waals surface area contributed by atoms with Crippen molar-refractivity contribution in [2.45, 2.75) is 27.2 Å². The fourth-order valence-corrected chi connectivity index (χ4v) is 3.20. The summed E-state index contributed by atoms with van der Waals surface area (Å²) in [6.45, 7) is 6.52. The first-order chi connectivity index (χ1) is 9.11. The summed E-state index contributed by atoms with van der Waals surface area (Å²) in [7, 11) is 0. The summed E-state index contributed by atoms with van der Waals surface area (Å²) in [5, 5.41) is 5.75. The molecule has 0 atom stereocenters. The first-order valence-electron chi connectivity index (χ1n) is 6.54. The predicted octanol–water partition coefficient (Wildman–Crippen LogP) is 3.96. The minimum absolute atomic E-state index is 0.632. The van der Waals surface area contributed by atoms with Crippen molar-refractivity contribution in [3.63, 3.8) is 0 Å². The van der Waals surface area contributed by atoms with E-state index in [1.54, 1.807) is 11.3 Å². The van der Waals surface area contributed by atoms with Gasteiger partial charge < -0.3 is 0 Å². The highest BCUT2D eigenvalue weighted by atomic mass is 32.1. The lowest BCUT2D eigenvalue weighted by Gasteiger charge is -1.98. The second-order valence-corrected chi connectivity index (χ2v) is 6.36. The van der Waals surface area contributed by atoms with Crippen LogP contribution in [0, 0.1) is 12.8 Å². The molecular formula is C15H17N3S. The molecule has 4 heteroatoms. The number of hydrogen-bond donors (Lipinski definition) is 0. The van der Waals surface area contributed by atoms with E-state index in [0.29, 0.717) is 5.92 Å². The maximum atomic E-state index is 4.67. The molecule has 0 amide bonds. The topological polar surface area (TPSA) is 30.2 Å². The number of imidazole rings is 1. The van der Waals surface area contributed by atoms with Crippen LogP contribution in [0.15, 0.2) is 30.5 Å². The number of aromatic nitrogens is 3. The number of fused-ring (bicyclic) bond motifs is 1. The van der Waals surface area contributed by atoms with Gasteiger partial charge in [0, 0.05) is 12.0 Å². The number of benzene rings is 1. The predicted molar refractivity (Wildman–Crippen MR) is 79.6 cm³/mol. The largest absolute Gasteiger partial charge is 0.217 e. The third-order valence-electron chi connectivity index (χ3n) is 2.98. The second kappa shape index (κ2) is 4.78. The minimum atomic E-state index is 0.632. The molecule has 0 spiro atoms. The van der Waals surface area contributed by atoms with Gasteiger partial charge in [0.15, 0.2) is 0 Å². The highest BCUT2D eigenvalue weighted by molar-refractivity contribution is 7.16. The zero-order valence-corrected chi connectivity index (χ0v) is 12.2. The Morgan fingerprint density at radius 3 is 2.84 bits per heavy atom. The van der Waals surface area contributed by atoms with Gasteiger partial charge in [0.2, 0.25) is 4.96 Å². The van der Waals surface area contributed by atoms with Crippen molar-refractivity contribution in [1.82, 2.24) is 14.6 Å². The molecule has 3 nitrogen and oxygen atoms in total. The van der Waals surface area contributed by atoms with E-state index in [-0.39, 0.29) is 0 Å². The van der Waals surface area contributed by atoms with Crippen molar-refractivity contribution in [2.75, 3.05) is 0 Å². The Hall–Kier alpha value is -1.68. The molecule has 0 saturated heterocycles. The lowest BCUT2D eigenvalue weighted by Crippen LogP contribution is -1.94. The van der Waals surface area contributed by atoms with Gasteiger partial charge in [-0.05, 0) is 18.9 Å². The molecule has 0 aliphatic rings. The lowest BCUT2D eigenvalue weighted by molar-refractivity contribution is 0.637. The third-order valence-corrected chi connectivity index (χ3v) is 3.93. The normalized spacial score (nSPS) is 11.6. The van der Waals surface area contributed by atoms with E-state index in [4.69, 9.17) is 0 Å². The van der Waals surface area contributed by atoms with E-state index in [0.717, 1.165) is 27.6 Å². The summed E-state index contributed by atoms with van der Waals surface area (Å²) < 4.78 is 1.90. The summed E-state index contributed by atoms with van der Waals surface area (Å²) >= 11 is 1.69. The van der Waals surface area contributed by atoms with Crippen molar-refractivity contribution < 1.29 is 0 Å². The van der Waals surface area contributed by atoms with Gasteiger partial charge in [0.1, 0.15) is 5.01 Å². The van der Waals surface area contributed by atoms with E-state index < -0.39 is 0 Å². The van der Waals surface area contributed by atoms with Crippen LogP contribution in [0.25, 0.3) is 16.2 Å². The van der Waals surface area contributed by atoms with Crippen LogP contribution in [-0.2, 0) is 6.42 Å². The highest BCUT2D eigenvalue weighted by Gasteiger charge is 2.10.